The molecule has 4 heterocycles. The monoisotopic (exact) mass is 1130 g/mol. The van der Waals surface area contributed by atoms with E-state index < -0.39 is 0 Å². The lowest BCUT2D eigenvalue weighted by atomic mass is 9.83. The number of para-hydroxylation sites is 4. The molecule has 0 radical (unpaired) electrons. The topological polar surface area (TPSA) is 104 Å². The van der Waals surface area contributed by atoms with Crippen molar-refractivity contribution in [2.24, 2.45) is 0 Å². The van der Waals surface area contributed by atoms with Gasteiger partial charge in [-0.3, -0.25) is 14.0 Å². The van der Waals surface area contributed by atoms with Crippen molar-refractivity contribution in [3.63, 3.8) is 0 Å². The fourth-order valence-electron chi connectivity index (χ4n) is 13.1. The van der Waals surface area contributed by atoms with Crippen LogP contribution in [0, 0.1) is 0 Å². The first-order valence-corrected chi connectivity index (χ1v) is 29.7. The van der Waals surface area contributed by atoms with E-state index in [4.69, 9.17) is 23.9 Å². The number of pyridine rings is 1. The van der Waals surface area contributed by atoms with Gasteiger partial charge in [0.1, 0.15) is 51.7 Å². The highest BCUT2D eigenvalue weighted by molar-refractivity contribution is 6.42. The van der Waals surface area contributed by atoms with Crippen LogP contribution in [0.4, 0.5) is 11.4 Å². The third kappa shape index (κ3) is 8.23. The molecule has 0 aliphatic carbocycles. The lowest BCUT2D eigenvalue weighted by molar-refractivity contribution is 0.479. The van der Waals surface area contributed by atoms with Gasteiger partial charge in [-0.1, -0.05) is 156 Å². The Morgan fingerprint density at radius 1 is 0.442 bits per heavy atom. The summed E-state index contributed by atoms with van der Waals surface area (Å²) in [6.07, 6.45) is 0. The molecule has 10 nitrogen and oxygen atoms in total. The number of anilines is 2. The maximum atomic E-state index is 16.5. The Hall–Kier alpha value is -9.67. The Kier molecular flexibility index (Phi) is 11.4. The average molecular weight is 1130 g/mol. The third-order valence-corrected chi connectivity index (χ3v) is 17.7. The number of fused-ring (bicyclic) bond motifs is 9. The number of hydrogen-bond donors (Lipinski definition) is 1. The highest BCUT2D eigenvalue weighted by atomic mass is 16.5. The van der Waals surface area contributed by atoms with E-state index >= 15 is 9.59 Å². The molecular weight excluding hydrogens is 1060 g/mol. The van der Waals surface area contributed by atoms with Crippen LogP contribution in [0.3, 0.4) is 0 Å². The van der Waals surface area contributed by atoms with E-state index in [1.54, 1.807) is 4.40 Å². The van der Waals surface area contributed by atoms with Crippen LogP contribution in [-0.2, 0) is 28.2 Å². The molecule has 0 bridgehead atoms. The Labute approximate surface area is 498 Å². The number of nitrogens with one attached hydrogen (secondary N) is 1. The van der Waals surface area contributed by atoms with E-state index in [-0.39, 0.29) is 44.9 Å². The second kappa shape index (κ2) is 18.4. The summed E-state index contributed by atoms with van der Waals surface area (Å²) in [5.41, 5.74) is 7.73. The molecule has 426 valence electrons. The van der Waals surface area contributed by atoms with Crippen molar-refractivity contribution >= 4 is 87.7 Å². The minimum Gasteiger partial charge on any atom is -0.457 e. The molecule has 0 amide bonds. The van der Waals surface area contributed by atoms with E-state index in [9.17, 15) is 0 Å². The first-order chi connectivity index (χ1) is 41.0. The van der Waals surface area contributed by atoms with Gasteiger partial charge in [-0.05, 0) is 135 Å². The lowest BCUT2D eigenvalue weighted by Crippen LogP contribution is -2.35. The minimum atomic E-state index is -0.271. The van der Waals surface area contributed by atoms with Gasteiger partial charge in [0.2, 0.25) is 5.43 Å². The van der Waals surface area contributed by atoms with Crippen molar-refractivity contribution in [1.82, 2.24) is 9.38 Å². The molecule has 13 aromatic rings. The Morgan fingerprint density at radius 2 is 0.884 bits per heavy atom. The van der Waals surface area contributed by atoms with E-state index in [0.29, 0.717) is 106 Å². The molecule has 0 fully saturated rings. The summed E-state index contributed by atoms with van der Waals surface area (Å²) >= 11 is 0. The van der Waals surface area contributed by atoms with Gasteiger partial charge in [-0.25, -0.2) is 4.98 Å². The normalized spacial score (nSPS) is 13.7. The molecule has 2 aliphatic rings. The molecule has 0 atom stereocenters. The summed E-state index contributed by atoms with van der Waals surface area (Å²) in [5.74, 6) is 4.53. The van der Waals surface area contributed by atoms with Crippen LogP contribution in [0.1, 0.15) is 111 Å². The van der Waals surface area contributed by atoms with Crippen LogP contribution in [-0.4, -0.2) is 9.38 Å². The van der Waals surface area contributed by atoms with Gasteiger partial charge in [0.05, 0.1) is 34.3 Å². The summed E-state index contributed by atoms with van der Waals surface area (Å²) in [4.78, 5) is 39.9. The van der Waals surface area contributed by atoms with Crippen LogP contribution in [0.25, 0.3) is 76.4 Å². The number of ether oxygens (including phenoxy) is 4. The van der Waals surface area contributed by atoms with Gasteiger partial charge in [0.15, 0.2) is 5.75 Å². The predicted molar refractivity (Wildman–Crippen MR) is 351 cm³/mol. The smallest absolute Gasteiger partial charge is 0.264 e. The van der Waals surface area contributed by atoms with Crippen LogP contribution in [0.2, 0.25) is 0 Å². The zero-order valence-electron chi connectivity index (χ0n) is 50.6. The van der Waals surface area contributed by atoms with Gasteiger partial charge in [0.25, 0.3) is 5.56 Å². The molecule has 0 unspecified atom stereocenters. The number of hydrogen-bond acceptors (Lipinski definition) is 9. The molecule has 0 saturated heterocycles. The third-order valence-electron chi connectivity index (χ3n) is 17.7. The molecule has 15 rings (SSSR count). The summed E-state index contributed by atoms with van der Waals surface area (Å²) in [6, 6.07) is 54.6. The molecule has 0 saturated carbocycles. The fraction of sp³-hybridized carbons (Fsp3) is 0.224. The van der Waals surface area contributed by atoms with E-state index in [1.165, 1.54) is 0 Å². The average Bonchev–Trinajstić information content (AvgIpc) is 0.911. The number of rotatable bonds is 8. The zero-order valence-corrected chi connectivity index (χ0v) is 50.6. The second-order valence-electron chi connectivity index (χ2n) is 27.6. The van der Waals surface area contributed by atoms with Crippen molar-refractivity contribution in [3.8, 4) is 46.0 Å². The minimum absolute atomic E-state index is 0.116. The van der Waals surface area contributed by atoms with Gasteiger partial charge >= 0.3 is 0 Å². The van der Waals surface area contributed by atoms with E-state index in [1.807, 2.05) is 97.1 Å². The molecule has 0 spiro atoms. The van der Waals surface area contributed by atoms with Crippen LogP contribution in [0.5, 0.6) is 46.0 Å². The molecule has 2 aliphatic heterocycles. The lowest BCUT2D eigenvalue weighted by Gasteiger charge is -2.29. The summed E-state index contributed by atoms with van der Waals surface area (Å²) < 4.78 is 31.3. The highest BCUT2D eigenvalue weighted by Gasteiger charge is 2.37. The SMILES string of the molecule is CC(C)(C)c1ccc(Oc2cc3c4c(c(=O)c(Oc5ccc(C(C)(C)C)cc5)c5c6c(Oc7ccc(C(C)(C)C)cc7)cc7c(=O)n8c9ccccc9nc8c8cc(Oc9ccc(C(C)(C)C)cc9)c(c2c45)c6c78)CN2C=3Nc3ccccc32)cc1. The number of imidazole rings is 1. The molecule has 86 heavy (non-hydrogen) atoms. The number of aromatic nitrogens is 2. The summed E-state index contributed by atoms with van der Waals surface area (Å²) in [7, 11) is 0. The number of benzene rings is 11. The zero-order chi connectivity index (χ0) is 59.7. The van der Waals surface area contributed by atoms with Crippen LogP contribution >= 0.6 is 0 Å². The standard InChI is InChI=1S/C76H66N4O6/c1-73(2,3)41-21-29-45(30-22-41)83-57-37-49-61-52(40-79-55-19-15-13-17-53(55)77-70(49)79)68(81)69(86-48-35-27-44(28-36-48)76(10,11)12)67-64-59(85-47-33-25-43(26-34-47)75(7,8)9)39-51-60-50(71-78-54-18-14-16-20-56(54)80(71)72(51)82)38-58(62(65(60)64)63(57)66(61)67)84-46-31-23-42(24-32-46)74(4,5)6/h13-39,77H,40H2,1-12H3. The predicted octanol–water partition coefficient (Wildman–Crippen LogP) is 18.4. The molecular formula is C76H66N4O6. The highest BCUT2D eigenvalue weighted by Crippen LogP contribution is 2.56. The van der Waals surface area contributed by atoms with Gasteiger partial charge < -0.3 is 29.2 Å². The van der Waals surface area contributed by atoms with Crippen molar-refractivity contribution in [1.29, 1.82) is 0 Å². The van der Waals surface area contributed by atoms with Gasteiger partial charge in [-0.15, -0.1) is 0 Å². The maximum Gasteiger partial charge on any atom is 0.264 e. The molecule has 2 aromatic heterocycles. The Morgan fingerprint density at radius 3 is 1.41 bits per heavy atom. The van der Waals surface area contributed by atoms with Crippen LogP contribution in [0.15, 0.2) is 173 Å². The van der Waals surface area contributed by atoms with Crippen molar-refractivity contribution < 1.29 is 18.9 Å². The van der Waals surface area contributed by atoms with Crippen molar-refractivity contribution in [2.75, 3.05) is 10.2 Å². The first-order valence-electron chi connectivity index (χ1n) is 29.7. The first kappa shape index (κ1) is 53.1. The Balaban J connectivity index is 1.18. The Bertz CT molecular complexity index is 5160. The molecule has 10 heteroatoms. The summed E-state index contributed by atoms with van der Waals surface area (Å²) in [6.45, 7) is 26.5. The molecule has 1 N–H and O–H groups in total. The van der Waals surface area contributed by atoms with Gasteiger partial charge in [-0.2, -0.15) is 0 Å². The largest absolute Gasteiger partial charge is 0.457 e. The molecule has 11 aromatic carbocycles. The van der Waals surface area contributed by atoms with E-state index in [0.717, 1.165) is 55.4 Å². The van der Waals surface area contributed by atoms with Crippen LogP contribution < -0.4 is 45.4 Å². The quantitative estimate of drug-likeness (QED) is 0.118. The van der Waals surface area contributed by atoms with Crippen molar-refractivity contribution in [3.05, 3.63) is 217 Å². The summed E-state index contributed by atoms with van der Waals surface area (Å²) in [5, 5.41) is 10.8. The van der Waals surface area contributed by atoms with E-state index in [2.05, 4.69) is 160 Å². The maximum absolute atomic E-state index is 16.5. The number of nitrogens with zero attached hydrogens (tertiary/aromatic N) is 3. The second-order valence-corrected chi connectivity index (χ2v) is 27.6. The van der Waals surface area contributed by atoms with Gasteiger partial charge in [0, 0.05) is 59.3 Å². The fourth-order valence-corrected chi connectivity index (χ4v) is 13.1. The van der Waals surface area contributed by atoms with Crippen molar-refractivity contribution in [2.45, 2.75) is 111 Å².